The molecule has 30 heavy (non-hydrogen) atoms. The second-order valence-corrected chi connectivity index (χ2v) is 10.0. The molecule has 1 aliphatic rings. The Morgan fingerprint density at radius 1 is 1.13 bits per heavy atom. The fraction of sp³-hybridized carbons (Fsp3) is 0.435. The van der Waals surface area contributed by atoms with Gasteiger partial charge in [0.2, 0.25) is 5.88 Å². The predicted octanol–water partition coefficient (Wildman–Crippen LogP) is 5.02. The third-order valence-corrected chi connectivity index (χ3v) is 7.55. The lowest BCUT2D eigenvalue weighted by molar-refractivity contribution is -0.134. The Labute approximate surface area is 186 Å². The van der Waals surface area contributed by atoms with Gasteiger partial charge in [0.25, 0.3) is 0 Å². The summed E-state index contributed by atoms with van der Waals surface area (Å²) in [6.45, 7) is 7.06. The minimum atomic E-state index is -0.305. The molecule has 2 aromatic rings. The van der Waals surface area contributed by atoms with Gasteiger partial charge in [0.15, 0.2) is 0 Å². The Bertz CT molecular complexity index is 930. The van der Waals surface area contributed by atoms with Gasteiger partial charge in [-0.25, -0.2) is 0 Å². The van der Waals surface area contributed by atoms with Crippen molar-refractivity contribution in [1.29, 1.82) is 0 Å². The summed E-state index contributed by atoms with van der Waals surface area (Å²) >= 11 is 3.94. The molecule has 0 saturated carbocycles. The first-order chi connectivity index (χ1) is 14.6. The van der Waals surface area contributed by atoms with Crippen molar-refractivity contribution in [2.75, 3.05) is 18.1 Å². The minimum Gasteiger partial charge on any atom is -0.493 e. The molecular weight excluding hydrogens is 416 g/mol. The number of ether oxygens (including phenoxy) is 2. The highest BCUT2D eigenvalue weighted by atomic mass is 32.2. The van der Waals surface area contributed by atoms with Gasteiger partial charge in [-0.3, -0.25) is 4.79 Å². The lowest BCUT2D eigenvalue weighted by Gasteiger charge is -2.37. The number of thioether (sulfide) groups is 2. The summed E-state index contributed by atoms with van der Waals surface area (Å²) < 4.78 is 11.0. The molecule has 0 aliphatic carbocycles. The van der Waals surface area contributed by atoms with Crippen LogP contribution in [0.4, 0.5) is 0 Å². The number of rotatable bonds is 7. The van der Waals surface area contributed by atoms with E-state index in [2.05, 4.69) is 42.0 Å². The molecule has 1 aromatic heterocycles. The molecule has 3 rings (SSSR count). The van der Waals surface area contributed by atoms with Crippen LogP contribution < -0.4 is 9.47 Å². The van der Waals surface area contributed by atoms with Crippen molar-refractivity contribution in [3.05, 3.63) is 47.2 Å². The molecule has 0 saturated heterocycles. The van der Waals surface area contributed by atoms with E-state index in [4.69, 9.17) is 9.47 Å². The van der Waals surface area contributed by atoms with E-state index in [1.807, 2.05) is 42.6 Å². The van der Waals surface area contributed by atoms with Crippen molar-refractivity contribution in [2.24, 2.45) is 0 Å². The third kappa shape index (κ3) is 5.50. The number of carbonyl (C=O) groups is 1. The lowest BCUT2D eigenvalue weighted by atomic mass is 10.0. The van der Waals surface area contributed by atoms with Crippen molar-refractivity contribution < 1.29 is 14.3 Å². The summed E-state index contributed by atoms with van der Waals surface area (Å²) in [5.74, 6) is 9.17. The van der Waals surface area contributed by atoms with E-state index < -0.39 is 0 Å². The van der Waals surface area contributed by atoms with Gasteiger partial charge >= 0.3 is 5.97 Å². The Balaban J connectivity index is 1.80. The maximum Gasteiger partial charge on any atom is 0.312 e. The summed E-state index contributed by atoms with van der Waals surface area (Å²) in [4.78, 5) is 11.5. The monoisotopic (exact) mass is 442 g/mol. The molecule has 0 spiro atoms. The SMILES string of the molecule is CCCC(=O)Oc1ccc(C#Cc2ccc3c(c2)C(SCC)(SCC)CCO3)nn1. The van der Waals surface area contributed by atoms with Gasteiger partial charge in [0.05, 0.1) is 10.7 Å². The van der Waals surface area contributed by atoms with Crippen LogP contribution in [-0.2, 0) is 8.87 Å². The van der Waals surface area contributed by atoms with Crippen LogP contribution in [0.15, 0.2) is 30.3 Å². The summed E-state index contributed by atoms with van der Waals surface area (Å²) in [6.07, 6.45) is 2.08. The number of esters is 1. The smallest absolute Gasteiger partial charge is 0.312 e. The second-order valence-electron chi connectivity index (χ2n) is 6.66. The summed E-state index contributed by atoms with van der Waals surface area (Å²) in [6, 6.07) is 9.46. The zero-order chi connectivity index (χ0) is 21.4. The van der Waals surface area contributed by atoms with Crippen LogP contribution in [0.25, 0.3) is 0 Å². The first kappa shape index (κ1) is 22.5. The van der Waals surface area contributed by atoms with E-state index in [0.717, 1.165) is 42.3 Å². The van der Waals surface area contributed by atoms with E-state index >= 15 is 0 Å². The fourth-order valence-corrected chi connectivity index (χ4v) is 6.28. The first-order valence-electron chi connectivity index (χ1n) is 10.2. The van der Waals surface area contributed by atoms with Gasteiger partial charge in [-0.05, 0) is 48.1 Å². The Morgan fingerprint density at radius 2 is 1.93 bits per heavy atom. The summed E-state index contributed by atoms with van der Waals surface area (Å²) in [5.41, 5.74) is 2.65. The number of benzene rings is 1. The van der Waals surface area contributed by atoms with E-state index in [1.165, 1.54) is 5.56 Å². The summed E-state index contributed by atoms with van der Waals surface area (Å²) in [7, 11) is 0. The molecule has 2 heterocycles. The van der Waals surface area contributed by atoms with E-state index in [0.29, 0.717) is 12.1 Å². The quantitative estimate of drug-likeness (QED) is 0.339. The molecule has 1 aliphatic heterocycles. The van der Waals surface area contributed by atoms with Crippen LogP contribution in [0.5, 0.6) is 11.6 Å². The maximum atomic E-state index is 11.5. The molecule has 5 nitrogen and oxygen atoms in total. The number of nitrogens with zero attached hydrogens (tertiary/aromatic N) is 2. The first-order valence-corrected chi connectivity index (χ1v) is 12.2. The lowest BCUT2D eigenvalue weighted by Crippen LogP contribution is -2.27. The zero-order valence-electron chi connectivity index (χ0n) is 17.6. The Morgan fingerprint density at radius 3 is 2.60 bits per heavy atom. The highest BCUT2D eigenvalue weighted by Gasteiger charge is 2.38. The van der Waals surface area contributed by atoms with Gasteiger partial charge < -0.3 is 9.47 Å². The molecular formula is C23H26N2O3S2. The number of hydrogen-bond acceptors (Lipinski definition) is 7. The summed E-state index contributed by atoms with van der Waals surface area (Å²) in [5, 5.41) is 7.98. The van der Waals surface area contributed by atoms with Crippen molar-refractivity contribution in [1.82, 2.24) is 10.2 Å². The van der Waals surface area contributed by atoms with Crippen molar-refractivity contribution in [3.63, 3.8) is 0 Å². The van der Waals surface area contributed by atoms with Crippen LogP contribution in [0.3, 0.4) is 0 Å². The van der Waals surface area contributed by atoms with Gasteiger partial charge in [-0.15, -0.1) is 33.7 Å². The molecule has 0 fully saturated rings. The predicted molar refractivity (Wildman–Crippen MR) is 123 cm³/mol. The highest BCUT2D eigenvalue weighted by molar-refractivity contribution is 8.17. The van der Waals surface area contributed by atoms with Gasteiger partial charge in [-0.2, -0.15) is 0 Å². The molecule has 0 radical (unpaired) electrons. The standard InChI is InChI=1S/C23H26N2O3S2/c1-4-7-22(26)28-21-13-11-18(24-25-21)10-8-17-9-12-20-19(16-17)23(29-5-2,30-6-3)14-15-27-20/h9,11-13,16H,4-7,14-15H2,1-3H3. The van der Waals surface area contributed by atoms with Crippen LogP contribution >= 0.6 is 23.5 Å². The highest BCUT2D eigenvalue weighted by Crippen LogP contribution is 2.54. The number of fused-ring (bicyclic) bond motifs is 1. The molecule has 0 atom stereocenters. The third-order valence-electron chi connectivity index (χ3n) is 4.48. The molecule has 0 unspecified atom stereocenters. The molecule has 7 heteroatoms. The van der Waals surface area contributed by atoms with Gasteiger partial charge in [0, 0.05) is 30.0 Å². The van der Waals surface area contributed by atoms with Crippen molar-refractivity contribution >= 4 is 29.5 Å². The van der Waals surface area contributed by atoms with Crippen LogP contribution in [0, 0.1) is 11.8 Å². The maximum absolute atomic E-state index is 11.5. The number of aromatic nitrogens is 2. The van der Waals surface area contributed by atoms with Gasteiger partial charge in [0.1, 0.15) is 11.4 Å². The van der Waals surface area contributed by atoms with Crippen LogP contribution in [0.1, 0.15) is 56.9 Å². The van der Waals surface area contributed by atoms with Gasteiger partial charge in [-0.1, -0.05) is 26.7 Å². The average Bonchev–Trinajstić information content (AvgIpc) is 2.74. The Kier molecular flexibility index (Phi) is 8.06. The van der Waals surface area contributed by atoms with Crippen LogP contribution in [-0.4, -0.2) is 34.3 Å². The second kappa shape index (κ2) is 10.7. The average molecular weight is 443 g/mol. The fourth-order valence-electron chi connectivity index (χ4n) is 3.22. The van der Waals surface area contributed by atoms with Crippen LogP contribution in [0.2, 0.25) is 0 Å². The molecule has 0 amide bonds. The Hall–Kier alpha value is -2.17. The van der Waals surface area contributed by atoms with Crippen molar-refractivity contribution in [2.45, 2.75) is 44.1 Å². The van der Waals surface area contributed by atoms with E-state index in [9.17, 15) is 4.79 Å². The minimum absolute atomic E-state index is 0.0125. The van der Waals surface area contributed by atoms with E-state index in [-0.39, 0.29) is 15.9 Å². The number of carbonyl (C=O) groups excluding carboxylic acids is 1. The molecule has 158 valence electrons. The van der Waals surface area contributed by atoms with E-state index in [1.54, 1.807) is 12.1 Å². The van der Waals surface area contributed by atoms with Crippen molar-refractivity contribution in [3.8, 4) is 23.5 Å². The number of hydrogen-bond donors (Lipinski definition) is 0. The molecule has 0 N–H and O–H groups in total. The topological polar surface area (TPSA) is 61.3 Å². The normalized spacial score (nSPS) is 14.1. The zero-order valence-corrected chi connectivity index (χ0v) is 19.2. The molecule has 1 aromatic carbocycles. The largest absolute Gasteiger partial charge is 0.493 e. The molecule has 0 bridgehead atoms.